The van der Waals surface area contributed by atoms with E-state index in [0.29, 0.717) is 6.42 Å². The molecule has 0 saturated heterocycles. The van der Waals surface area contributed by atoms with Gasteiger partial charge in [0.05, 0.1) is 4.92 Å². The Bertz CT molecular complexity index is 568. The molecule has 0 heterocycles. The Hall–Kier alpha value is -2.64. The molecule has 22 heavy (non-hydrogen) atoms. The van der Waals surface area contributed by atoms with Crippen LogP contribution in [-0.4, -0.2) is 22.5 Å². The highest BCUT2D eigenvalue weighted by atomic mass is 16.6. The molecule has 0 aliphatic heterocycles. The van der Waals surface area contributed by atoms with Crippen molar-refractivity contribution in [2.45, 2.75) is 32.3 Å². The Labute approximate surface area is 127 Å². The predicted octanol–water partition coefficient (Wildman–Crippen LogP) is 1.50. The van der Waals surface area contributed by atoms with Gasteiger partial charge in [0.1, 0.15) is 5.60 Å². The molecule has 8 heteroatoms. The van der Waals surface area contributed by atoms with E-state index in [0.717, 1.165) is 5.56 Å². The number of hydrogen-bond acceptors (Lipinski definition) is 5. The minimum absolute atomic E-state index is 0.0308. The first-order chi connectivity index (χ1) is 10.1. The number of benzene rings is 1. The van der Waals surface area contributed by atoms with Crippen molar-refractivity contribution in [1.82, 2.24) is 0 Å². The van der Waals surface area contributed by atoms with Gasteiger partial charge in [0.15, 0.2) is 0 Å². The average molecular weight is 309 g/mol. The number of carbonyl (C=O) groups is 2. The maximum Gasteiger partial charge on any atom is 0.405 e. The SMILES string of the molecule is CC(C)(C[C@@H](Cc1ccc([N+](=O)[O-])cc1)C(N)=O)OC(N)=O. The Morgan fingerprint density at radius 1 is 1.27 bits per heavy atom. The van der Waals surface area contributed by atoms with Gasteiger partial charge in [-0.05, 0) is 32.3 Å². The number of hydrogen-bond donors (Lipinski definition) is 2. The quantitative estimate of drug-likeness (QED) is 0.580. The molecule has 1 aromatic rings. The summed E-state index contributed by atoms with van der Waals surface area (Å²) in [5, 5.41) is 10.6. The molecule has 1 aromatic carbocycles. The fraction of sp³-hybridized carbons (Fsp3) is 0.429. The summed E-state index contributed by atoms with van der Waals surface area (Å²) in [6.45, 7) is 3.26. The van der Waals surface area contributed by atoms with Crippen molar-refractivity contribution >= 4 is 17.7 Å². The van der Waals surface area contributed by atoms with Crippen LogP contribution in [0.5, 0.6) is 0 Å². The molecular weight excluding hydrogens is 290 g/mol. The Balaban J connectivity index is 2.82. The van der Waals surface area contributed by atoms with E-state index in [1.54, 1.807) is 26.0 Å². The lowest BCUT2D eigenvalue weighted by molar-refractivity contribution is -0.384. The molecule has 0 aliphatic rings. The Kier molecular flexibility index (Phi) is 5.44. The van der Waals surface area contributed by atoms with Crippen LogP contribution >= 0.6 is 0 Å². The third-order valence-corrected chi connectivity index (χ3v) is 3.15. The smallest absolute Gasteiger partial charge is 0.405 e. The van der Waals surface area contributed by atoms with E-state index >= 15 is 0 Å². The van der Waals surface area contributed by atoms with Gasteiger partial charge in [-0.15, -0.1) is 0 Å². The fourth-order valence-corrected chi connectivity index (χ4v) is 2.22. The first-order valence-corrected chi connectivity index (χ1v) is 6.62. The molecule has 1 atom stereocenters. The third-order valence-electron chi connectivity index (χ3n) is 3.15. The second kappa shape index (κ2) is 6.88. The number of ether oxygens (including phenoxy) is 1. The number of nitrogens with two attached hydrogens (primary N) is 2. The molecule has 0 bridgehead atoms. The number of primary amides is 2. The molecule has 0 unspecified atom stereocenters. The zero-order chi connectivity index (χ0) is 16.9. The molecule has 0 spiro atoms. The van der Waals surface area contributed by atoms with Gasteiger partial charge in [0, 0.05) is 18.1 Å². The summed E-state index contributed by atoms with van der Waals surface area (Å²) in [6, 6.07) is 5.85. The van der Waals surface area contributed by atoms with Crippen LogP contribution in [0, 0.1) is 16.0 Å². The molecule has 120 valence electrons. The molecule has 0 saturated carbocycles. The van der Waals surface area contributed by atoms with Crippen molar-refractivity contribution in [3.05, 3.63) is 39.9 Å². The number of nitro benzene ring substituents is 1. The second-order valence-corrected chi connectivity index (χ2v) is 5.61. The van der Waals surface area contributed by atoms with Crippen molar-refractivity contribution < 1.29 is 19.2 Å². The lowest BCUT2D eigenvalue weighted by Gasteiger charge is -2.27. The van der Waals surface area contributed by atoms with E-state index in [1.165, 1.54) is 12.1 Å². The largest absolute Gasteiger partial charge is 0.444 e. The van der Waals surface area contributed by atoms with Crippen LogP contribution in [0.1, 0.15) is 25.8 Å². The van der Waals surface area contributed by atoms with Crippen LogP contribution in [-0.2, 0) is 16.0 Å². The second-order valence-electron chi connectivity index (χ2n) is 5.61. The first kappa shape index (κ1) is 17.4. The maximum atomic E-state index is 11.6. The molecule has 0 aromatic heterocycles. The lowest BCUT2D eigenvalue weighted by Crippen LogP contribution is -2.37. The molecule has 0 fully saturated rings. The van der Waals surface area contributed by atoms with E-state index < -0.39 is 28.4 Å². The van der Waals surface area contributed by atoms with Crippen LogP contribution < -0.4 is 11.5 Å². The average Bonchev–Trinajstić information content (AvgIpc) is 2.36. The number of nitro groups is 1. The maximum absolute atomic E-state index is 11.6. The lowest BCUT2D eigenvalue weighted by atomic mass is 9.88. The third kappa shape index (κ3) is 5.39. The molecule has 0 radical (unpaired) electrons. The van der Waals surface area contributed by atoms with Gasteiger partial charge in [-0.1, -0.05) is 12.1 Å². The van der Waals surface area contributed by atoms with Gasteiger partial charge < -0.3 is 16.2 Å². The van der Waals surface area contributed by atoms with E-state index in [2.05, 4.69) is 0 Å². The van der Waals surface area contributed by atoms with Gasteiger partial charge >= 0.3 is 6.09 Å². The van der Waals surface area contributed by atoms with Crippen LogP contribution in [0.2, 0.25) is 0 Å². The zero-order valence-electron chi connectivity index (χ0n) is 12.4. The first-order valence-electron chi connectivity index (χ1n) is 6.62. The zero-order valence-corrected chi connectivity index (χ0v) is 12.4. The van der Waals surface area contributed by atoms with Gasteiger partial charge in [-0.3, -0.25) is 14.9 Å². The van der Waals surface area contributed by atoms with Gasteiger partial charge in [0.25, 0.3) is 5.69 Å². The number of nitrogens with zero attached hydrogens (tertiary/aromatic N) is 1. The summed E-state index contributed by atoms with van der Waals surface area (Å²) in [7, 11) is 0. The molecular formula is C14H19N3O5. The normalized spacial score (nSPS) is 12.5. The summed E-state index contributed by atoms with van der Waals surface area (Å²) >= 11 is 0. The van der Waals surface area contributed by atoms with Crippen molar-refractivity contribution in [2.75, 3.05) is 0 Å². The topological polar surface area (TPSA) is 139 Å². The number of amides is 2. The van der Waals surface area contributed by atoms with Crippen LogP contribution in [0.15, 0.2) is 24.3 Å². The molecule has 8 nitrogen and oxygen atoms in total. The molecule has 2 amide bonds. The Morgan fingerprint density at radius 3 is 2.23 bits per heavy atom. The molecule has 0 aliphatic carbocycles. The summed E-state index contributed by atoms with van der Waals surface area (Å²) in [5.41, 5.74) is 10.1. The van der Waals surface area contributed by atoms with Crippen molar-refractivity contribution in [1.29, 1.82) is 0 Å². The minimum Gasteiger partial charge on any atom is -0.444 e. The highest BCUT2D eigenvalue weighted by molar-refractivity contribution is 5.77. The van der Waals surface area contributed by atoms with Gasteiger partial charge in [-0.25, -0.2) is 4.79 Å². The standard InChI is InChI=1S/C14H19N3O5/c1-14(2,22-13(16)19)8-10(12(15)18)7-9-3-5-11(6-4-9)17(20)21/h3-6,10H,7-8H2,1-2H3,(H2,15,18)(H2,16,19)/t10-/m1/s1. The van der Waals surface area contributed by atoms with E-state index in [1.807, 2.05) is 0 Å². The summed E-state index contributed by atoms with van der Waals surface area (Å²) in [6.07, 6.45) is -0.440. The van der Waals surface area contributed by atoms with Crippen LogP contribution in [0.25, 0.3) is 0 Å². The monoisotopic (exact) mass is 309 g/mol. The fourth-order valence-electron chi connectivity index (χ4n) is 2.22. The number of carbonyl (C=O) groups excluding carboxylic acids is 2. The summed E-state index contributed by atoms with van der Waals surface area (Å²) < 4.78 is 4.95. The highest BCUT2D eigenvalue weighted by Gasteiger charge is 2.29. The van der Waals surface area contributed by atoms with E-state index in [-0.39, 0.29) is 12.1 Å². The van der Waals surface area contributed by atoms with E-state index in [4.69, 9.17) is 16.2 Å². The van der Waals surface area contributed by atoms with Crippen molar-refractivity contribution in [3.8, 4) is 0 Å². The minimum atomic E-state index is -0.938. The highest BCUT2D eigenvalue weighted by Crippen LogP contribution is 2.24. The molecule has 1 rings (SSSR count). The molecule has 4 N–H and O–H groups in total. The van der Waals surface area contributed by atoms with Gasteiger partial charge in [0.2, 0.25) is 5.91 Å². The predicted molar refractivity (Wildman–Crippen MR) is 78.8 cm³/mol. The van der Waals surface area contributed by atoms with Crippen molar-refractivity contribution in [2.24, 2.45) is 17.4 Å². The van der Waals surface area contributed by atoms with Crippen LogP contribution in [0.3, 0.4) is 0 Å². The van der Waals surface area contributed by atoms with Gasteiger partial charge in [-0.2, -0.15) is 0 Å². The summed E-state index contributed by atoms with van der Waals surface area (Å²) in [4.78, 5) is 32.5. The Morgan fingerprint density at radius 2 is 1.82 bits per heavy atom. The number of rotatable bonds is 7. The van der Waals surface area contributed by atoms with Crippen LogP contribution in [0.4, 0.5) is 10.5 Å². The number of non-ortho nitro benzene ring substituents is 1. The van der Waals surface area contributed by atoms with Crippen molar-refractivity contribution in [3.63, 3.8) is 0 Å². The summed E-state index contributed by atoms with van der Waals surface area (Å²) in [5.74, 6) is -1.13. The van der Waals surface area contributed by atoms with E-state index in [9.17, 15) is 19.7 Å².